The summed E-state index contributed by atoms with van der Waals surface area (Å²) in [5.41, 5.74) is 7.99. The normalized spacial score (nSPS) is 20.5. The molecule has 6 rings (SSSR count). The molecule has 2 aliphatic heterocycles. The van der Waals surface area contributed by atoms with E-state index in [1.54, 1.807) is 6.92 Å². The van der Waals surface area contributed by atoms with Gasteiger partial charge in [0.1, 0.15) is 5.92 Å². The quantitative estimate of drug-likeness (QED) is 0.0585. The molecular formula is C41H48N6O8. The summed E-state index contributed by atoms with van der Waals surface area (Å²) in [5.74, 6) is -4.03. The number of aromatic amines is 2. The maximum Gasteiger partial charge on any atom is 0.321 e. The average molecular weight is 753 g/mol. The maximum absolute atomic E-state index is 14.3. The van der Waals surface area contributed by atoms with Crippen molar-refractivity contribution in [3.8, 4) is 0 Å². The number of H-pyrrole nitrogens is 2. The molecule has 8 bridgehead atoms. The number of ether oxygens (including phenoxy) is 2. The number of aryl methyl sites for hydroxylation is 2. The Hall–Kier alpha value is -5.66. The van der Waals surface area contributed by atoms with Crippen LogP contribution < -0.4 is 10.6 Å². The predicted octanol–water partition coefficient (Wildman–Crippen LogP) is 5.69. The van der Waals surface area contributed by atoms with Crippen LogP contribution in [0.1, 0.15) is 150 Å². The molecule has 55 heavy (non-hydrogen) atoms. The summed E-state index contributed by atoms with van der Waals surface area (Å²) in [6.45, 7) is 13.7. The third-order valence-electron chi connectivity index (χ3n) is 11.4. The van der Waals surface area contributed by atoms with Gasteiger partial charge in [-0.05, 0) is 69.9 Å². The van der Waals surface area contributed by atoms with Crippen LogP contribution >= 0.6 is 0 Å². The van der Waals surface area contributed by atoms with Gasteiger partial charge in [0.05, 0.1) is 30.3 Å². The lowest BCUT2D eigenvalue weighted by Crippen LogP contribution is -2.40. The molecule has 0 radical (unpaired) electrons. The molecule has 0 fully saturated rings. The van der Waals surface area contributed by atoms with Crippen LogP contribution in [0.4, 0.5) is 0 Å². The lowest BCUT2D eigenvalue weighted by atomic mass is 9.84. The molecule has 0 saturated carbocycles. The van der Waals surface area contributed by atoms with Gasteiger partial charge in [-0.15, -0.1) is 0 Å². The van der Waals surface area contributed by atoms with Crippen LogP contribution in [-0.4, -0.2) is 75.6 Å². The lowest BCUT2D eigenvalue weighted by molar-refractivity contribution is -0.142. The van der Waals surface area contributed by atoms with Gasteiger partial charge in [0, 0.05) is 81.4 Å². The number of fused-ring (bicyclic) bond motifs is 8. The van der Waals surface area contributed by atoms with Crippen LogP contribution in [0.2, 0.25) is 0 Å². The molecule has 1 aliphatic carbocycles. The number of aromatic nitrogens is 4. The Kier molecular flexibility index (Phi) is 11.1. The maximum atomic E-state index is 14.3. The highest BCUT2D eigenvalue weighted by molar-refractivity contribution is 6.23. The predicted molar refractivity (Wildman–Crippen MR) is 204 cm³/mol. The monoisotopic (exact) mass is 752 g/mol. The molecule has 14 nitrogen and oxygen atoms in total. The largest absolute Gasteiger partial charge is 0.468 e. The number of rotatable bonds is 12. The number of carbonyl (C=O) groups excluding carboxylic acids is 6. The van der Waals surface area contributed by atoms with E-state index < -0.39 is 41.6 Å². The molecule has 4 N–H and O–H groups in total. The molecule has 3 aromatic heterocycles. The number of nitrogens with one attached hydrogen (secondary N) is 4. The summed E-state index contributed by atoms with van der Waals surface area (Å²) < 4.78 is 10.2. The summed E-state index contributed by atoms with van der Waals surface area (Å²) in [7, 11) is 1.24. The second-order valence-electron chi connectivity index (χ2n) is 14.7. The number of carbonyl (C=O) groups is 6. The second-order valence-corrected chi connectivity index (χ2v) is 14.7. The topological polar surface area (TPSA) is 202 Å². The molecule has 6 atom stereocenters. The van der Waals surface area contributed by atoms with Crippen molar-refractivity contribution in [2.24, 2.45) is 0 Å². The van der Waals surface area contributed by atoms with Crippen LogP contribution in [0.5, 0.6) is 0 Å². The zero-order chi connectivity index (χ0) is 39.9. The van der Waals surface area contributed by atoms with Gasteiger partial charge in [-0.25, -0.2) is 0 Å². The summed E-state index contributed by atoms with van der Waals surface area (Å²) in [4.78, 5) is 94.8. The fourth-order valence-electron chi connectivity index (χ4n) is 8.51. The minimum atomic E-state index is -1.29. The first kappa shape index (κ1) is 39.0. The molecule has 0 saturated heterocycles. The Bertz CT molecular complexity index is 2270. The van der Waals surface area contributed by atoms with Gasteiger partial charge in [0.15, 0.2) is 17.8 Å². The number of methoxy groups -OCH3 is 1. The number of Topliss-reactive ketones (excluding diaryl/α,β-unsaturated/α-hetero) is 2. The Morgan fingerprint density at radius 1 is 0.909 bits per heavy atom. The lowest BCUT2D eigenvalue weighted by Gasteiger charge is -2.20. The summed E-state index contributed by atoms with van der Waals surface area (Å²) in [6, 6.07) is 5.80. The molecule has 0 aromatic carbocycles. The highest BCUT2D eigenvalue weighted by Crippen LogP contribution is 2.48. The molecular weight excluding hydrogens is 704 g/mol. The number of amides is 2. The minimum absolute atomic E-state index is 0.0556. The fourth-order valence-corrected chi connectivity index (χ4v) is 8.51. The van der Waals surface area contributed by atoms with E-state index in [0.717, 1.165) is 23.4 Å². The smallest absolute Gasteiger partial charge is 0.321 e. The van der Waals surface area contributed by atoms with E-state index in [4.69, 9.17) is 19.4 Å². The van der Waals surface area contributed by atoms with Gasteiger partial charge in [-0.1, -0.05) is 20.8 Å². The number of ketones is 2. The first-order valence-electron chi connectivity index (χ1n) is 18.8. The van der Waals surface area contributed by atoms with Crippen molar-refractivity contribution in [2.45, 2.75) is 110 Å². The standard InChI is InChI=1S/C41H48N6O8/c1-9-23-18(3)25-15-30-34(22(7)49)20(5)27(44-30)13-26-19(4)24(11-12-31(50)47-33(55-17-48)16-32(51)42-10-2)38(45-26)36-37(41(53)54-8)40(52)35-21(6)28(46-39(35)36)14-29(23)43-25/h13-15,17-19,23-24,33,37,44,46H,9-12,16H2,1-8H3,(H,42,51)(H,47,50)/t18-,19+,23-,24+,33-,37?/m1/s1. The molecule has 0 spiro atoms. The van der Waals surface area contributed by atoms with Gasteiger partial charge < -0.3 is 30.1 Å². The van der Waals surface area contributed by atoms with Gasteiger partial charge in [-0.2, -0.15) is 0 Å². The van der Waals surface area contributed by atoms with Crippen LogP contribution in [-0.2, 0) is 28.7 Å². The molecule has 14 heteroatoms. The van der Waals surface area contributed by atoms with Gasteiger partial charge in [0.25, 0.3) is 6.47 Å². The SMILES string of the molecule is CCNC(=O)C[C@H](NC(=O)CC[C@@H]1c2nc(cc3[nH]c(cc4nc(cc5[nH]c6c(c5C)C(=O)C(C(=O)OC)c26)[C@H](CC)[C@H]4C)c(C(C)=O)c3C)[C@H]1C)OC=O. The van der Waals surface area contributed by atoms with Gasteiger partial charge in [-0.3, -0.25) is 38.7 Å². The molecule has 2 amide bonds. The van der Waals surface area contributed by atoms with E-state index in [1.165, 1.54) is 14.0 Å². The van der Waals surface area contributed by atoms with Crippen LogP contribution in [0.15, 0.2) is 18.2 Å². The third kappa shape index (κ3) is 7.05. The Balaban J connectivity index is 1.59. The van der Waals surface area contributed by atoms with Crippen molar-refractivity contribution >= 4 is 57.9 Å². The highest BCUT2D eigenvalue weighted by atomic mass is 16.5. The summed E-state index contributed by atoms with van der Waals surface area (Å²) in [5, 5.41) is 5.24. The Morgan fingerprint density at radius 3 is 2.22 bits per heavy atom. The highest BCUT2D eigenvalue weighted by Gasteiger charge is 2.45. The zero-order valence-corrected chi connectivity index (χ0v) is 32.5. The molecule has 290 valence electrons. The van der Waals surface area contributed by atoms with Crippen molar-refractivity contribution < 1.29 is 38.2 Å². The summed E-state index contributed by atoms with van der Waals surface area (Å²) >= 11 is 0. The van der Waals surface area contributed by atoms with E-state index in [-0.39, 0.29) is 49.3 Å². The molecule has 5 heterocycles. The van der Waals surface area contributed by atoms with E-state index >= 15 is 0 Å². The van der Waals surface area contributed by atoms with E-state index in [0.29, 0.717) is 62.3 Å². The first-order valence-corrected chi connectivity index (χ1v) is 18.8. The van der Waals surface area contributed by atoms with Crippen LogP contribution in [0, 0.1) is 13.8 Å². The Labute approximate surface area is 318 Å². The van der Waals surface area contributed by atoms with Crippen molar-refractivity contribution in [3.05, 3.63) is 68.8 Å². The first-order chi connectivity index (χ1) is 26.2. The fraction of sp³-hybridized carbons (Fsp3) is 0.463. The second kappa shape index (κ2) is 15.6. The van der Waals surface area contributed by atoms with Crippen molar-refractivity contribution in [1.29, 1.82) is 0 Å². The third-order valence-corrected chi connectivity index (χ3v) is 11.4. The number of hydrogen-bond donors (Lipinski definition) is 4. The molecule has 1 unspecified atom stereocenters. The summed E-state index contributed by atoms with van der Waals surface area (Å²) in [6.07, 6.45) is -0.441. The number of hydrogen-bond acceptors (Lipinski definition) is 10. The minimum Gasteiger partial charge on any atom is -0.468 e. The van der Waals surface area contributed by atoms with Crippen LogP contribution in [0.3, 0.4) is 0 Å². The van der Waals surface area contributed by atoms with E-state index in [9.17, 15) is 28.8 Å². The number of esters is 1. The van der Waals surface area contributed by atoms with Crippen molar-refractivity contribution in [2.75, 3.05) is 13.7 Å². The van der Waals surface area contributed by atoms with Crippen molar-refractivity contribution in [3.63, 3.8) is 0 Å². The van der Waals surface area contributed by atoms with E-state index in [2.05, 4.69) is 34.4 Å². The average Bonchev–Trinajstić information content (AvgIpc) is 3.88. The number of nitrogens with zero attached hydrogens (tertiary/aromatic N) is 2. The zero-order valence-electron chi connectivity index (χ0n) is 32.5. The van der Waals surface area contributed by atoms with Crippen molar-refractivity contribution in [1.82, 2.24) is 30.6 Å². The van der Waals surface area contributed by atoms with Gasteiger partial charge >= 0.3 is 5.97 Å². The molecule has 3 aromatic rings. The van der Waals surface area contributed by atoms with Crippen LogP contribution in [0.25, 0.3) is 22.1 Å². The van der Waals surface area contributed by atoms with Gasteiger partial charge in [0.2, 0.25) is 11.8 Å². The van der Waals surface area contributed by atoms with E-state index in [1.807, 2.05) is 39.0 Å². The molecule has 3 aliphatic rings. The Morgan fingerprint density at radius 2 is 1.56 bits per heavy atom.